The number of para-hydroxylation sites is 1. The van der Waals surface area contributed by atoms with E-state index in [9.17, 15) is 9.59 Å². The van der Waals surface area contributed by atoms with Crippen molar-refractivity contribution in [2.45, 2.75) is 19.8 Å². The molecule has 3 aromatic carbocycles. The molecule has 4 heteroatoms. The van der Waals surface area contributed by atoms with Crippen molar-refractivity contribution in [3.8, 4) is 0 Å². The number of fused-ring (bicyclic) bond motifs is 1. The highest BCUT2D eigenvalue weighted by atomic mass is 16.2. The van der Waals surface area contributed by atoms with Crippen LogP contribution in [0.1, 0.15) is 22.3 Å². The molecule has 2 amide bonds. The van der Waals surface area contributed by atoms with Crippen LogP contribution in [-0.2, 0) is 22.4 Å². The number of rotatable bonds is 5. The first kappa shape index (κ1) is 19.3. The molecule has 2 aliphatic rings. The van der Waals surface area contributed by atoms with Gasteiger partial charge in [-0.2, -0.15) is 0 Å². The smallest absolute Gasteiger partial charge is 0.278 e. The van der Waals surface area contributed by atoms with Crippen LogP contribution in [-0.4, -0.2) is 29.8 Å². The van der Waals surface area contributed by atoms with Gasteiger partial charge in [0.15, 0.2) is 0 Å². The van der Waals surface area contributed by atoms with Gasteiger partial charge >= 0.3 is 0 Å². The molecule has 0 saturated heterocycles. The Morgan fingerprint density at radius 1 is 0.806 bits per heavy atom. The molecule has 0 aliphatic carbocycles. The fraction of sp³-hybridized carbons (Fsp3) is 0.185. The fourth-order valence-electron chi connectivity index (χ4n) is 4.45. The lowest BCUT2D eigenvalue weighted by Crippen LogP contribution is -2.36. The molecule has 0 aromatic heterocycles. The monoisotopic (exact) mass is 408 g/mol. The molecule has 0 unspecified atom stereocenters. The van der Waals surface area contributed by atoms with Crippen LogP contribution >= 0.6 is 0 Å². The zero-order chi connectivity index (χ0) is 21.4. The van der Waals surface area contributed by atoms with Crippen LogP contribution in [0.2, 0.25) is 0 Å². The molecule has 0 N–H and O–H groups in total. The topological polar surface area (TPSA) is 40.6 Å². The molecule has 3 aromatic rings. The summed E-state index contributed by atoms with van der Waals surface area (Å²) in [4.78, 5) is 30.6. The molecule has 4 nitrogen and oxygen atoms in total. The number of nitrogens with zero attached hydrogens (tertiary/aromatic N) is 2. The highest BCUT2D eigenvalue weighted by Gasteiger charge is 2.42. The fourth-order valence-corrected chi connectivity index (χ4v) is 4.45. The first-order valence-electron chi connectivity index (χ1n) is 10.7. The van der Waals surface area contributed by atoms with E-state index in [2.05, 4.69) is 6.07 Å². The van der Waals surface area contributed by atoms with Crippen LogP contribution < -0.4 is 4.90 Å². The minimum absolute atomic E-state index is 0.201. The van der Waals surface area contributed by atoms with Gasteiger partial charge in [0.25, 0.3) is 11.8 Å². The summed E-state index contributed by atoms with van der Waals surface area (Å²) in [6, 6.07) is 26.0. The van der Waals surface area contributed by atoms with Gasteiger partial charge in [-0.1, -0.05) is 78.4 Å². The van der Waals surface area contributed by atoms with Gasteiger partial charge in [0.2, 0.25) is 0 Å². The molecule has 0 atom stereocenters. The molecule has 0 spiro atoms. The minimum atomic E-state index is -0.204. The van der Waals surface area contributed by atoms with Crippen LogP contribution in [0.4, 0.5) is 5.69 Å². The second-order valence-electron chi connectivity index (χ2n) is 8.12. The summed E-state index contributed by atoms with van der Waals surface area (Å²) in [6.07, 6.45) is 1.51. The quantitative estimate of drug-likeness (QED) is 0.588. The molecule has 154 valence electrons. The van der Waals surface area contributed by atoms with E-state index in [1.807, 2.05) is 84.6 Å². The highest BCUT2D eigenvalue weighted by Crippen LogP contribution is 2.38. The molecule has 0 radical (unpaired) electrons. The zero-order valence-electron chi connectivity index (χ0n) is 17.5. The minimum Gasteiger partial charge on any atom is -0.336 e. The third kappa shape index (κ3) is 3.44. The second-order valence-corrected chi connectivity index (χ2v) is 8.12. The summed E-state index contributed by atoms with van der Waals surface area (Å²) in [6.45, 7) is 3.09. The van der Waals surface area contributed by atoms with E-state index < -0.39 is 0 Å². The first-order chi connectivity index (χ1) is 15.1. The Labute approximate surface area is 182 Å². The van der Waals surface area contributed by atoms with Crippen LogP contribution in [0, 0.1) is 6.92 Å². The lowest BCUT2D eigenvalue weighted by molar-refractivity contribution is -0.136. The van der Waals surface area contributed by atoms with Crippen LogP contribution in [0.5, 0.6) is 0 Å². The highest BCUT2D eigenvalue weighted by molar-refractivity contribution is 6.36. The average molecular weight is 409 g/mol. The Morgan fingerprint density at radius 2 is 1.52 bits per heavy atom. The third-order valence-corrected chi connectivity index (χ3v) is 6.11. The van der Waals surface area contributed by atoms with Crippen molar-refractivity contribution in [1.29, 1.82) is 0 Å². The van der Waals surface area contributed by atoms with E-state index in [1.54, 1.807) is 0 Å². The molecule has 0 bridgehead atoms. The molecule has 0 fully saturated rings. The van der Waals surface area contributed by atoms with Crippen LogP contribution in [0.15, 0.2) is 84.6 Å². The summed E-state index contributed by atoms with van der Waals surface area (Å²) in [7, 11) is 0. The van der Waals surface area contributed by atoms with E-state index in [0.717, 1.165) is 28.8 Å². The van der Waals surface area contributed by atoms with Crippen LogP contribution in [0.3, 0.4) is 0 Å². The number of imide groups is 1. The van der Waals surface area contributed by atoms with Gasteiger partial charge in [-0.05, 0) is 42.5 Å². The summed E-state index contributed by atoms with van der Waals surface area (Å²) in [5.41, 5.74) is 6.27. The van der Waals surface area contributed by atoms with E-state index in [0.29, 0.717) is 30.8 Å². The lowest BCUT2D eigenvalue weighted by Gasteiger charge is -2.22. The molecule has 5 rings (SSSR count). The number of carbonyl (C=O) groups is 2. The van der Waals surface area contributed by atoms with Crippen molar-refractivity contribution < 1.29 is 9.59 Å². The van der Waals surface area contributed by atoms with Gasteiger partial charge in [-0.15, -0.1) is 0 Å². The SMILES string of the molecule is Cc1ccc(C2=C(N3CCc4ccccc43)C(=O)N(CCc3ccccc3)C2=O)cc1. The van der Waals surface area contributed by atoms with Gasteiger partial charge in [0, 0.05) is 18.8 Å². The molecular weight excluding hydrogens is 384 g/mol. The maximum atomic E-state index is 13.6. The van der Waals surface area contributed by atoms with Gasteiger partial charge in [-0.25, -0.2) is 0 Å². The predicted octanol–water partition coefficient (Wildman–Crippen LogP) is 4.38. The van der Waals surface area contributed by atoms with Crippen molar-refractivity contribution in [3.05, 3.63) is 107 Å². The number of carbonyl (C=O) groups excluding carboxylic acids is 2. The zero-order valence-corrected chi connectivity index (χ0v) is 17.5. The van der Waals surface area contributed by atoms with Gasteiger partial charge in [0.1, 0.15) is 5.70 Å². The number of aryl methyl sites for hydroxylation is 1. The van der Waals surface area contributed by atoms with E-state index in [4.69, 9.17) is 0 Å². The maximum Gasteiger partial charge on any atom is 0.278 e. The Hall–Kier alpha value is -3.66. The van der Waals surface area contributed by atoms with Gasteiger partial charge < -0.3 is 4.90 Å². The molecule has 2 aliphatic heterocycles. The Bertz CT molecular complexity index is 1180. The van der Waals surface area contributed by atoms with Crippen molar-refractivity contribution in [2.75, 3.05) is 18.0 Å². The van der Waals surface area contributed by atoms with E-state index in [1.165, 1.54) is 10.5 Å². The number of anilines is 1. The Morgan fingerprint density at radius 3 is 2.29 bits per heavy atom. The van der Waals surface area contributed by atoms with Crippen LogP contribution in [0.25, 0.3) is 5.57 Å². The van der Waals surface area contributed by atoms with Crippen molar-refractivity contribution >= 4 is 23.1 Å². The molecular formula is C27H24N2O2. The third-order valence-electron chi connectivity index (χ3n) is 6.11. The summed E-state index contributed by atoms with van der Waals surface area (Å²) >= 11 is 0. The summed E-state index contributed by atoms with van der Waals surface area (Å²) in [5, 5.41) is 0. The van der Waals surface area contributed by atoms with Crippen molar-refractivity contribution in [3.63, 3.8) is 0 Å². The van der Waals surface area contributed by atoms with Crippen molar-refractivity contribution in [1.82, 2.24) is 4.90 Å². The average Bonchev–Trinajstić information content (AvgIpc) is 3.32. The van der Waals surface area contributed by atoms with E-state index >= 15 is 0 Å². The summed E-state index contributed by atoms with van der Waals surface area (Å²) < 4.78 is 0. The van der Waals surface area contributed by atoms with Gasteiger partial charge in [0.05, 0.1) is 5.57 Å². The number of benzene rings is 3. The standard InChI is InChI=1S/C27H24N2O2/c1-19-11-13-22(14-12-19)24-25(28-18-16-21-9-5-6-10-23(21)28)27(31)29(26(24)30)17-15-20-7-3-2-4-8-20/h2-14H,15-18H2,1H3. The largest absolute Gasteiger partial charge is 0.336 e. The molecule has 31 heavy (non-hydrogen) atoms. The predicted molar refractivity (Wildman–Crippen MR) is 122 cm³/mol. The Balaban J connectivity index is 1.54. The summed E-state index contributed by atoms with van der Waals surface area (Å²) in [5.74, 6) is -0.405. The number of hydrogen-bond acceptors (Lipinski definition) is 3. The maximum absolute atomic E-state index is 13.6. The molecule has 2 heterocycles. The van der Waals surface area contributed by atoms with Gasteiger partial charge in [-0.3, -0.25) is 14.5 Å². The second kappa shape index (κ2) is 7.88. The number of hydrogen-bond donors (Lipinski definition) is 0. The van der Waals surface area contributed by atoms with E-state index in [-0.39, 0.29) is 11.8 Å². The Kier molecular flexibility index (Phi) is 4.91. The number of amides is 2. The lowest BCUT2D eigenvalue weighted by atomic mass is 10.0. The molecule has 0 saturated carbocycles. The van der Waals surface area contributed by atoms with Crippen molar-refractivity contribution in [2.24, 2.45) is 0 Å². The first-order valence-corrected chi connectivity index (χ1v) is 10.7. The normalized spacial score (nSPS) is 15.8.